The van der Waals surface area contributed by atoms with Crippen LogP contribution in [0.25, 0.3) is 5.82 Å². The molecule has 0 saturated heterocycles. The summed E-state index contributed by atoms with van der Waals surface area (Å²) in [5, 5.41) is 6.70. The van der Waals surface area contributed by atoms with Gasteiger partial charge in [0.1, 0.15) is 11.6 Å². The third-order valence-electron chi connectivity index (χ3n) is 3.42. The second-order valence-electron chi connectivity index (χ2n) is 5.32. The lowest BCUT2D eigenvalue weighted by Gasteiger charge is -2.07. The number of amides is 1. The van der Waals surface area contributed by atoms with Gasteiger partial charge in [-0.25, -0.2) is 18.4 Å². The highest BCUT2D eigenvalue weighted by Gasteiger charge is 2.12. The molecule has 122 valence electrons. The highest BCUT2D eigenvalue weighted by molar-refractivity contribution is 6.04. The summed E-state index contributed by atoms with van der Waals surface area (Å²) in [6.45, 7) is 3.78. The predicted octanol–water partition coefficient (Wildman–Crippen LogP) is 3.41. The molecule has 0 spiro atoms. The second-order valence-corrected chi connectivity index (χ2v) is 5.32. The largest absolute Gasteiger partial charge is 0.319 e. The molecule has 0 aliphatic heterocycles. The minimum Gasteiger partial charge on any atom is -0.319 e. The molecule has 5 nitrogen and oxygen atoms in total. The highest BCUT2D eigenvalue weighted by Crippen LogP contribution is 2.16. The van der Waals surface area contributed by atoms with E-state index in [1.54, 1.807) is 16.8 Å². The number of hydrogen-bond acceptors (Lipinski definition) is 3. The Balaban J connectivity index is 1.80. The minimum absolute atomic E-state index is 0.0935. The Hall–Kier alpha value is -3.09. The molecule has 24 heavy (non-hydrogen) atoms. The van der Waals surface area contributed by atoms with Crippen LogP contribution in [-0.2, 0) is 0 Å². The number of aryl methyl sites for hydroxylation is 2. The number of benzene rings is 1. The fourth-order valence-corrected chi connectivity index (χ4v) is 2.29. The maximum atomic E-state index is 13.6. The van der Waals surface area contributed by atoms with Crippen LogP contribution in [-0.4, -0.2) is 20.7 Å². The smallest absolute Gasteiger partial charge is 0.257 e. The number of nitrogens with zero attached hydrogens (tertiary/aromatic N) is 3. The molecule has 0 fully saturated rings. The van der Waals surface area contributed by atoms with E-state index in [9.17, 15) is 13.6 Å². The van der Waals surface area contributed by atoms with Crippen LogP contribution in [0.5, 0.6) is 0 Å². The zero-order valence-corrected chi connectivity index (χ0v) is 13.0. The van der Waals surface area contributed by atoms with Gasteiger partial charge in [-0.15, -0.1) is 0 Å². The number of rotatable bonds is 3. The number of carbonyl (C=O) groups excluding carboxylic acids is 1. The molecular weight excluding hydrogens is 314 g/mol. The van der Waals surface area contributed by atoms with Gasteiger partial charge in [0.15, 0.2) is 5.82 Å². The van der Waals surface area contributed by atoms with E-state index in [-0.39, 0.29) is 11.3 Å². The fourth-order valence-electron chi connectivity index (χ4n) is 2.29. The lowest BCUT2D eigenvalue weighted by atomic mass is 10.2. The van der Waals surface area contributed by atoms with Gasteiger partial charge in [0, 0.05) is 18.0 Å². The van der Waals surface area contributed by atoms with Crippen molar-refractivity contribution >= 4 is 11.6 Å². The Morgan fingerprint density at radius 2 is 1.92 bits per heavy atom. The third kappa shape index (κ3) is 3.15. The summed E-state index contributed by atoms with van der Waals surface area (Å²) >= 11 is 0. The number of nitrogens with one attached hydrogen (secondary N) is 1. The van der Waals surface area contributed by atoms with Gasteiger partial charge in [-0.1, -0.05) is 0 Å². The molecular formula is C17H14F2N4O. The first-order valence-electron chi connectivity index (χ1n) is 7.20. The molecule has 1 amide bonds. The van der Waals surface area contributed by atoms with Gasteiger partial charge in [-0.05, 0) is 44.2 Å². The Bertz CT molecular complexity index is 903. The average Bonchev–Trinajstić information content (AvgIpc) is 2.88. The summed E-state index contributed by atoms with van der Waals surface area (Å²) in [5.41, 5.74) is 1.95. The van der Waals surface area contributed by atoms with Crippen molar-refractivity contribution in [3.05, 3.63) is 71.2 Å². The van der Waals surface area contributed by atoms with E-state index >= 15 is 0 Å². The first kappa shape index (κ1) is 15.8. The average molecular weight is 328 g/mol. The molecule has 0 atom stereocenters. The van der Waals surface area contributed by atoms with Crippen LogP contribution in [0.3, 0.4) is 0 Å². The highest BCUT2D eigenvalue weighted by atomic mass is 19.1. The summed E-state index contributed by atoms with van der Waals surface area (Å²) < 4.78 is 28.1. The van der Waals surface area contributed by atoms with Crippen molar-refractivity contribution in [1.82, 2.24) is 14.8 Å². The standard InChI is InChI=1S/C17H14F2N4O/c1-10-7-11(2)23(22-10)16-6-3-12(9-20-16)17(24)21-15-5-4-13(18)8-14(15)19/h3-9H,1-2H3,(H,21,24). The molecule has 3 rings (SSSR count). The summed E-state index contributed by atoms with van der Waals surface area (Å²) in [6, 6.07) is 8.08. The SMILES string of the molecule is Cc1cc(C)n(-c2ccc(C(=O)Nc3ccc(F)cc3F)cn2)n1. The van der Waals surface area contributed by atoms with E-state index in [0.29, 0.717) is 11.9 Å². The first-order valence-corrected chi connectivity index (χ1v) is 7.20. The van der Waals surface area contributed by atoms with E-state index in [4.69, 9.17) is 0 Å². The van der Waals surface area contributed by atoms with Crippen LogP contribution in [0.1, 0.15) is 21.7 Å². The van der Waals surface area contributed by atoms with Crippen molar-refractivity contribution in [2.45, 2.75) is 13.8 Å². The number of halogens is 2. The normalized spacial score (nSPS) is 10.7. The van der Waals surface area contributed by atoms with Gasteiger partial charge in [-0.2, -0.15) is 5.10 Å². The van der Waals surface area contributed by atoms with Crippen LogP contribution in [0, 0.1) is 25.5 Å². The molecule has 1 aromatic carbocycles. The lowest BCUT2D eigenvalue weighted by Crippen LogP contribution is -2.14. The fraction of sp³-hybridized carbons (Fsp3) is 0.118. The number of aromatic nitrogens is 3. The zero-order chi connectivity index (χ0) is 17.3. The number of anilines is 1. The second kappa shape index (κ2) is 6.19. The maximum Gasteiger partial charge on any atom is 0.257 e. The van der Waals surface area contributed by atoms with Gasteiger partial charge in [-0.3, -0.25) is 4.79 Å². The van der Waals surface area contributed by atoms with Crippen molar-refractivity contribution in [1.29, 1.82) is 0 Å². The Labute approximate surface area is 137 Å². The number of hydrogen-bond donors (Lipinski definition) is 1. The van der Waals surface area contributed by atoms with E-state index in [1.165, 1.54) is 12.3 Å². The van der Waals surface area contributed by atoms with Crippen molar-refractivity contribution in [3.8, 4) is 5.82 Å². The van der Waals surface area contributed by atoms with Gasteiger partial charge in [0.25, 0.3) is 5.91 Å². The number of carbonyl (C=O) groups is 1. The summed E-state index contributed by atoms with van der Waals surface area (Å²) in [4.78, 5) is 16.3. The molecule has 0 saturated carbocycles. The van der Waals surface area contributed by atoms with Gasteiger partial charge in [0.05, 0.1) is 16.9 Å². The number of pyridine rings is 1. The first-order chi connectivity index (χ1) is 11.4. The maximum absolute atomic E-state index is 13.6. The molecule has 0 radical (unpaired) electrons. The molecule has 1 N–H and O–H groups in total. The molecule has 0 aliphatic rings. The molecule has 0 bridgehead atoms. The minimum atomic E-state index is -0.837. The van der Waals surface area contributed by atoms with E-state index < -0.39 is 17.5 Å². The molecule has 2 aromatic heterocycles. The Morgan fingerprint density at radius 1 is 1.12 bits per heavy atom. The molecule has 0 aliphatic carbocycles. The van der Waals surface area contributed by atoms with Crippen LogP contribution in [0.15, 0.2) is 42.6 Å². The summed E-state index contributed by atoms with van der Waals surface area (Å²) in [6.07, 6.45) is 1.38. The molecule has 7 heteroatoms. The van der Waals surface area contributed by atoms with Gasteiger partial charge in [0.2, 0.25) is 0 Å². The lowest BCUT2D eigenvalue weighted by molar-refractivity contribution is 0.102. The van der Waals surface area contributed by atoms with Crippen LogP contribution >= 0.6 is 0 Å². The third-order valence-corrected chi connectivity index (χ3v) is 3.42. The quantitative estimate of drug-likeness (QED) is 0.801. The Kier molecular flexibility index (Phi) is 4.07. The van der Waals surface area contributed by atoms with Crippen molar-refractivity contribution in [2.75, 3.05) is 5.32 Å². The monoisotopic (exact) mass is 328 g/mol. The van der Waals surface area contributed by atoms with Crippen LogP contribution < -0.4 is 5.32 Å². The van der Waals surface area contributed by atoms with Crippen LogP contribution in [0.2, 0.25) is 0 Å². The van der Waals surface area contributed by atoms with Gasteiger partial charge >= 0.3 is 0 Å². The summed E-state index contributed by atoms with van der Waals surface area (Å²) in [7, 11) is 0. The van der Waals surface area contributed by atoms with E-state index in [0.717, 1.165) is 17.5 Å². The zero-order valence-electron chi connectivity index (χ0n) is 13.0. The van der Waals surface area contributed by atoms with Gasteiger partial charge < -0.3 is 5.32 Å². The molecule has 2 heterocycles. The Morgan fingerprint density at radius 3 is 2.50 bits per heavy atom. The van der Waals surface area contributed by atoms with E-state index in [1.807, 2.05) is 19.9 Å². The van der Waals surface area contributed by atoms with Crippen molar-refractivity contribution in [2.24, 2.45) is 0 Å². The van der Waals surface area contributed by atoms with Crippen LogP contribution in [0.4, 0.5) is 14.5 Å². The van der Waals surface area contributed by atoms with Crippen molar-refractivity contribution < 1.29 is 13.6 Å². The summed E-state index contributed by atoms with van der Waals surface area (Å²) in [5.74, 6) is -1.50. The van der Waals surface area contributed by atoms with Crippen molar-refractivity contribution in [3.63, 3.8) is 0 Å². The predicted molar refractivity (Wildman–Crippen MR) is 85.1 cm³/mol. The molecule has 3 aromatic rings. The topological polar surface area (TPSA) is 59.8 Å². The van der Waals surface area contributed by atoms with E-state index in [2.05, 4.69) is 15.4 Å². The molecule has 0 unspecified atom stereocenters.